The van der Waals surface area contributed by atoms with Crippen molar-refractivity contribution in [2.45, 2.75) is 31.8 Å². The Labute approximate surface area is 136 Å². The molecule has 1 aliphatic heterocycles. The first-order valence-electron chi connectivity index (χ1n) is 8.31. The van der Waals surface area contributed by atoms with Gasteiger partial charge in [0, 0.05) is 12.7 Å². The SMILES string of the molecule is COc1ccc(C2=CNC(=O)NC2)cc1OC1CC2CCC1C2. The van der Waals surface area contributed by atoms with Gasteiger partial charge in [0.15, 0.2) is 11.5 Å². The van der Waals surface area contributed by atoms with Crippen molar-refractivity contribution >= 4 is 11.6 Å². The second kappa shape index (κ2) is 5.80. The predicted octanol–water partition coefficient (Wildman–Crippen LogP) is 2.92. The summed E-state index contributed by atoms with van der Waals surface area (Å²) in [5, 5.41) is 5.47. The van der Waals surface area contributed by atoms with Crippen molar-refractivity contribution < 1.29 is 14.3 Å². The third-order valence-corrected chi connectivity index (χ3v) is 5.30. The first-order valence-corrected chi connectivity index (χ1v) is 8.31. The quantitative estimate of drug-likeness (QED) is 0.898. The third kappa shape index (κ3) is 2.76. The molecule has 2 N–H and O–H groups in total. The Morgan fingerprint density at radius 3 is 2.74 bits per heavy atom. The minimum absolute atomic E-state index is 0.166. The van der Waals surface area contributed by atoms with E-state index in [2.05, 4.69) is 10.6 Å². The highest BCUT2D eigenvalue weighted by Gasteiger charge is 2.41. The average Bonchev–Trinajstić information content (AvgIpc) is 3.18. The van der Waals surface area contributed by atoms with Gasteiger partial charge in [0.1, 0.15) is 6.10 Å². The molecular weight excluding hydrogens is 292 g/mol. The molecule has 5 nitrogen and oxygen atoms in total. The van der Waals surface area contributed by atoms with Crippen molar-refractivity contribution in [3.05, 3.63) is 30.0 Å². The monoisotopic (exact) mass is 314 g/mol. The number of urea groups is 1. The number of benzene rings is 1. The van der Waals surface area contributed by atoms with E-state index in [0.717, 1.165) is 28.6 Å². The lowest BCUT2D eigenvalue weighted by Gasteiger charge is -2.25. The summed E-state index contributed by atoms with van der Waals surface area (Å²) in [7, 11) is 1.67. The molecule has 23 heavy (non-hydrogen) atoms. The summed E-state index contributed by atoms with van der Waals surface area (Å²) < 4.78 is 11.8. The highest BCUT2D eigenvalue weighted by atomic mass is 16.5. The van der Waals surface area contributed by atoms with Crippen LogP contribution in [0.2, 0.25) is 0 Å². The van der Waals surface area contributed by atoms with Crippen molar-refractivity contribution in [1.82, 2.24) is 10.6 Å². The lowest BCUT2D eigenvalue weighted by atomic mass is 9.97. The van der Waals surface area contributed by atoms with Crippen LogP contribution in [0.5, 0.6) is 11.5 Å². The van der Waals surface area contributed by atoms with E-state index in [1.165, 1.54) is 25.7 Å². The van der Waals surface area contributed by atoms with Gasteiger partial charge in [-0.2, -0.15) is 0 Å². The van der Waals surface area contributed by atoms with E-state index >= 15 is 0 Å². The smallest absolute Gasteiger partial charge is 0.319 e. The van der Waals surface area contributed by atoms with E-state index in [9.17, 15) is 4.79 Å². The zero-order chi connectivity index (χ0) is 15.8. The highest BCUT2D eigenvalue weighted by Crippen LogP contribution is 2.47. The van der Waals surface area contributed by atoms with Gasteiger partial charge in [-0.15, -0.1) is 0 Å². The second-order valence-electron chi connectivity index (χ2n) is 6.69. The minimum Gasteiger partial charge on any atom is -0.493 e. The van der Waals surface area contributed by atoms with Gasteiger partial charge in [-0.1, -0.05) is 6.07 Å². The normalized spacial score (nSPS) is 28.8. The molecule has 4 rings (SSSR count). The maximum absolute atomic E-state index is 11.2. The van der Waals surface area contributed by atoms with Crippen molar-refractivity contribution in [2.75, 3.05) is 13.7 Å². The number of hydrogen-bond donors (Lipinski definition) is 2. The molecule has 2 aliphatic carbocycles. The standard InChI is InChI=1S/C18H22N2O3/c1-22-15-5-4-12(14-9-19-18(21)20-10-14)8-17(15)23-16-7-11-2-3-13(16)6-11/h4-5,8-9,11,13,16H,2-3,6-7,10H2,1H3,(H2,19,20,21). The summed E-state index contributed by atoms with van der Waals surface area (Å²) in [5.74, 6) is 3.12. The molecule has 5 heteroatoms. The Morgan fingerprint density at radius 1 is 1.17 bits per heavy atom. The molecule has 1 aromatic carbocycles. The Hall–Kier alpha value is -2.17. The van der Waals surface area contributed by atoms with E-state index in [4.69, 9.17) is 9.47 Å². The van der Waals surface area contributed by atoms with Crippen LogP contribution < -0.4 is 20.1 Å². The van der Waals surface area contributed by atoms with E-state index in [-0.39, 0.29) is 6.03 Å². The molecule has 3 unspecified atom stereocenters. The van der Waals surface area contributed by atoms with Crippen LogP contribution in [0.4, 0.5) is 4.79 Å². The van der Waals surface area contributed by atoms with E-state index in [1.807, 2.05) is 18.2 Å². The topological polar surface area (TPSA) is 59.6 Å². The third-order valence-electron chi connectivity index (χ3n) is 5.30. The molecule has 122 valence electrons. The van der Waals surface area contributed by atoms with Gasteiger partial charge in [0.05, 0.1) is 7.11 Å². The fourth-order valence-corrected chi connectivity index (χ4v) is 4.08. The summed E-state index contributed by atoms with van der Waals surface area (Å²) in [6.07, 6.45) is 7.20. The van der Waals surface area contributed by atoms with Gasteiger partial charge >= 0.3 is 6.03 Å². The zero-order valence-corrected chi connectivity index (χ0v) is 13.3. The molecule has 1 heterocycles. The van der Waals surface area contributed by atoms with Crippen LogP contribution in [-0.4, -0.2) is 25.8 Å². The summed E-state index contributed by atoms with van der Waals surface area (Å²) in [5.41, 5.74) is 2.07. The molecule has 0 spiro atoms. The van der Waals surface area contributed by atoms with Crippen LogP contribution in [0.15, 0.2) is 24.4 Å². The molecule has 2 fully saturated rings. The maximum atomic E-state index is 11.2. The molecule has 3 aliphatic rings. The molecule has 2 amide bonds. The van der Waals surface area contributed by atoms with E-state index < -0.39 is 0 Å². The summed E-state index contributed by atoms with van der Waals surface area (Å²) in [6.45, 7) is 0.520. The molecule has 1 aromatic rings. The molecule has 3 atom stereocenters. The number of ether oxygens (including phenoxy) is 2. The Balaban J connectivity index is 1.57. The minimum atomic E-state index is -0.166. The van der Waals surface area contributed by atoms with E-state index in [1.54, 1.807) is 13.3 Å². The number of hydrogen-bond acceptors (Lipinski definition) is 3. The average molecular weight is 314 g/mol. The van der Waals surface area contributed by atoms with Gasteiger partial charge in [0.25, 0.3) is 0 Å². The van der Waals surface area contributed by atoms with Gasteiger partial charge in [-0.05, 0) is 60.8 Å². The zero-order valence-electron chi connectivity index (χ0n) is 13.3. The van der Waals surface area contributed by atoms with Crippen molar-refractivity contribution in [3.8, 4) is 11.5 Å². The number of amides is 2. The predicted molar refractivity (Wildman–Crippen MR) is 87.4 cm³/mol. The number of rotatable bonds is 4. The Morgan fingerprint density at radius 2 is 2.09 bits per heavy atom. The van der Waals surface area contributed by atoms with Crippen molar-refractivity contribution in [3.63, 3.8) is 0 Å². The fraction of sp³-hybridized carbons (Fsp3) is 0.500. The van der Waals surface area contributed by atoms with Crippen LogP contribution in [0, 0.1) is 11.8 Å². The van der Waals surface area contributed by atoms with Crippen LogP contribution in [-0.2, 0) is 0 Å². The number of carbonyl (C=O) groups is 1. The summed E-state index contributed by atoms with van der Waals surface area (Å²) in [6, 6.07) is 5.79. The van der Waals surface area contributed by atoms with Gasteiger partial charge in [-0.25, -0.2) is 4.79 Å². The number of methoxy groups -OCH3 is 1. The van der Waals surface area contributed by atoms with Gasteiger partial charge in [-0.3, -0.25) is 0 Å². The lowest BCUT2D eigenvalue weighted by molar-refractivity contribution is 0.133. The molecule has 2 bridgehead atoms. The Kier molecular flexibility index (Phi) is 3.63. The highest BCUT2D eigenvalue weighted by molar-refractivity contribution is 5.83. The molecule has 0 aromatic heterocycles. The first-order chi connectivity index (χ1) is 11.2. The fourth-order valence-electron chi connectivity index (χ4n) is 4.08. The van der Waals surface area contributed by atoms with E-state index in [0.29, 0.717) is 18.6 Å². The molecule has 0 saturated heterocycles. The lowest BCUT2D eigenvalue weighted by Crippen LogP contribution is -2.37. The molecular formula is C18H22N2O3. The number of carbonyl (C=O) groups excluding carboxylic acids is 1. The van der Waals surface area contributed by atoms with Crippen LogP contribution in [0.25, 0.3) is 5.57 Å². The Bertz CT molecular complexity index is 656. The summed E-state index contributed by atoms with van der Waals surface area (Å²) >= 11 is 0. The van der Waals surface area contributed by atoms with Gasteiger partial charge in [0.2, 0.25) is 0 Å². The summed E-state index contributed by atoms with van der Waals surface area (Å²) in [4.78, 5) is 11.2. The van der Waals surface area contributed by atoms with Crippen LogP contribution >= 0.6 is 0 Å². The van der Waals surface area contributed by atoms with Crippen LogP contribution in [0.3, 0.4) is 0 Å². The van der Waals surface area contributed by atoms with Crippen LogP contribution in [0.1, 0.15) is 31.2 Å². The maximum Gasteiger partial charge on any atom is 0.319 e. The molecule has 2 saturated carbocycles. The van der Waals surface area contributed by atoms with Crippen molar-refractivity contribution in [2.24, 2.45) is 11.8 Å². The number of fused-ring (bicyclic) bond motifs is 2. The molecule has 0 radical (unpaired) electrons. The first kappa shape index (κ1) is 14.4. The van der Waals surface area contributed by atoms with Crippen molar-refractivity contribution in [1.29, 1.82) is 0 Å². The van der Waals surface area contributed by atoms with Gasteiger partial charge < -0.3 is 20.1 Å². The number of nitrogens with one attached hydrogen (secondary N) is 2. The largest absolute Gasteiger partial charge is 0.493 e. The second-order valence-corrected chi connectivity index (χ2v) is 6.69.